The Kier molecular flexibility index (Phi) is 3.34. The molecule has 3 rings (SSSR count). The Morgan fingerprint density at radius 2 is 1.95 bits per heavy atom. The standard InChI is InChI=1S/C12H17N3O3S/c16-19(17,15-6-3-13-4-7-15)10-1-2-12-11(9-10)14-5-8-18-12/h1-2,9,13-14H,3-8H2. The summed E-state index contributed by atoms with van der Waals surface area (Å²) in [5.74, 6) is 0.713. The molecule has 0 radical (unpaired) electrons. The third-order valence-electron chi connectivity index (χ3n) is 3.34. The summed E-state index contributed by atoms with van der Waals surface area (Å²) in [7, 11) is -3.40. The van der Waals surface area contributed by atoms with E-state index < -0.39 is 10.0 Å². The van der Waals surface area contributed by atoms with Gasteiger partial charge in [0.05, 0.1) is 10.6 Å². The van der Waals surface area contributed by atoms with Gasteiger partial charge in [-0.25, -0.2) is 8.42 Å². The monoisotopic (exact) mass is 283 g/mol. The molecule has 1 saturated heterocycles. The maximum absolute atomic E-state index is 12.5. The molecule has 2 aliphatic rings. The molecule has 0 unspecified atom stereocenters. The Bertz CT molecular complexity index is 568. The summed E-state index contributed by atoms with van der Waals surface area (Å²) in [5.41, 5.74) is 0.752. The fraction of sp³-hybridized carbons (Fsp3) is 0.500. The lowest BCUT2D eigenvalue weighted by molar-refractivity contribution is 0.323. The van der Waals surface area contributed by atoms with Gasteiger partial charge in [0.25, 0.3) is 0 Å². The number of fused-ring (bicyclic) bond motifs is 1. The Morgan fingerprint density at radius 1 is 1.16 bits per heavy atom. The molecule has 1 aromatic rings. The van der Waals surface area contributed by atoms with Gasteiger partial charge in [-0.2, -0.15) is 4.31 Å². The minimum atomic E-state index is -3.40. The molecule has 2 heterocycles. The number of nitrogens with one attached hydrogen (secondary N) is 2. The Hall–Kier alpha value is -1.31. The maximum atomic E-state index is 12.5. The smallest absolute Gasteiger partial charge is 0.243 e. The van der Waals surface area contributed by atoms with Crippen molar-refractivity contribution in [3.8, 4) is 5.75 Å². The molecule has 19 heavy (non-hydrogen) atoms. The zero-order valence-electron chi connectivity index (χ0n) is 10.6. The zero-order chi connectivity index (χ0) is 13.3. The second-order valence-corrected chi connectivity index (χ2v) is 6.53. The third-order valence-corrected chi connectivity index (χ3v) is 5.23. The van der Waals surface area contributed by atoms with Crippen molar-refractivity contribution < 1.29 is 13.2 Å². The molecular weight excluding hydrogens is 266 g/mol. The van der Waals surface area contributed by atoms with E-state index in [9.17, 15) is 8.42 Å². The first-order valence-corrected chi connectivity index (χ1v) is 7.83. The number of rotatable bonds is 2. The highest BCUT2D eigenvalue weighted by atomic mass is 32.2. The summed E-state index contributed by atoms with van der Waals surface area (Å²) < 4.78 is 32.0. The second kappa shape index (κ2) is 4.99. The number of ether oxygens (including phenoxy) is 1. The quantitative estimate of drug-likeness (QED) is 0.804. The zero-order valence-corrected chi connectivity index (χ0v) is 11.4. The average molecular weight is 283 g/mol. The molecule has 0 spiro atoms. The van der Waals surface area contributed by atoms with Gasteiger partial charge in [-0.3, -0.25) is 0 Å². The SMILES string of the molecule is O=S(=O)(c1ccc2c(c1)NCCO2)N1CCNCC1. The Balaban J connectivity index is 1.92. The van der Waals surface area contributed by atoms with E-state index in [0.29, 0.717) is 50.0 Å². The van der Waals surface area contributed by atoms with Crippen molar-refractivity contribution in [2.75, 3.05) is 44.6 Å². The first-order valence-electron chi connectivity index (χ1n) is 6.39. The van der Waals surface area contributed by atoms with Crippen LogP contribution in [0, 0.1) is 0 Å². The summed E-state index contributed by atoms with van der Waals surface area (Å²) in [6.07, 6.45) is 0. The fourth-order valence-corrected chi connectivity index (χ4v) is 3.78. The van der Waals surface area contributed by atoms with Crippen LogP contribution in [-0.4, -0.2) is 52.1 Å². The predicted octanol–water partition coefficient (Wildman–Crippen LogP) is 0.0848. The topological polar surface area (TPSA) is 70.7 Å². The Morgan fingerprint density at radius 3 is 2.74 bits per heavy atom. The van der Waals surface area contributed by atoms with Crippen LogP contribution >= 0.6 is 0 Å². The molecule has 0 atom stereocenters. The van der Waals surface area contributed by atoms with Gasteiger partial charge in [0.15, 0.2) is 0 Å². The van der Waals surface area contributed by atoms with Crippen LogP contribution < -0.4 is 15.4 Å². The largest absolute Gasteiger partial charge is 0.490 e. The van der Waals surface area contributed by atoms with Gasteiger partial charge in [-0.05, 0) is 18.2 Å². The van der Waals surface area contributed by atoms with E-state index in [1.807, 2.05) is 0 Å². The lowest BCUT2D eigenvalue weighted by Gasteiger charge is -2.27. The molecule has 1 aromatic carbocycles. The van der Waals surface area contributed by atoms with Crippen LogP contribution in [0.25, 0.3) is 0 Å². The lowest BCUT2D eigenvalue weighted by Crippen LogP contribution is -2.46. The minimum absolute atomic E-state index is 0.325. The molecule has 0 amide bonds. The summed E-state index contributed by atoms with van der Waals surface area (Å²) >= 11 is 0. The van der Waals surface area contributed by atoms with Crippen LogP contribution in [0.5, 0.6) is 5.75 Å². The van der Waals surface area contributed by atoms with Crippen LogP contribution in [0.4, 0.5) is 5.69 Å². The van der Waals surface area contributed by atoms with E-state index in [2.05, 4.69) is 10.6 Å². The molecule has 104 valence electrons. The number of hydrogen-bond donors (Lipinski definition) is 2. The van der Waals surface area contributed by atoms with Crippen LogP contribution in [0.15, 0.2) is 23.1 Å². The van der Waals surface area contributed by atoms with Gasteiger partial charge in [-0.1, -0.05) is 0 Å². The van der Waals surface area contributed by atoms with Gasteiger partial charge < -0.3 is 15.4 Å². The normalized spacial score (nSPS) is 20.2. The molecule has 0 aliphatic carbocycles. The highest BCUT2D eigenvalue weighted by molar-refractivity contribution is 7.89. The van der Waals surface area contributed by atoms with E-state index >= 15 is 0 Å². The van der Waals surface area contributed by atoms with Crippen molar-refractivity contribution in [3.05, 3.63) is 18.2 Å². The summed E-state index contributed by atoms with van der Waals surface area (Å²) in [4.78, 5) is 0.325. The number of benzene rings is 1. The molecule has 0 saturated carbocycles. The number of anilines is 1. The van der Waals surface area contributed by atoms with Gasteiger partial charge in [0.1, 0.15) is 12.4 Å². The molecular formula is C12H17N3O3S. The Labute approximate surface area is 112 Å². The summed E-state index contributed by atoms with van der Waals surface area (Å²) in [6.45, 7) is 3.74. The van der Waals surface area contributed by atoms with Gasteiger partial charge in [0.2, 0.25) is 10.0 Å². The second-order valence-electron chi connectivity index (χ2n) is 4.59. The highest BCUT2D eigenvalue weighted by Crippen LogP contribution is 2.30. The van der Waals surface area contributed by atoms with E-state index in [-0.39, 0.29) is 0 Å². The fourth-order valence-electron chi connectivity index (χ4n) is 2.31. The van der Waals surface area contributed by atoms with Crippen LogP contribution in [0.2, 0.25) is 0 Å². The van der Waals surface area contributed by atoms with Crippen molar-refractivity contribution in [3.63, 3.8) is 0 Å². The van der Waals surface area contributed by atoms with E-state index in [1.54, 1.807) is 18.2 Å². The molecule has 2 aliphatic heterocycles. The maximum Gasteiger partial charge on any atom is 0.243 e. The molecule has 1 fully saturated rings. The first-order chi connectivity index (χ1) is 9.18. The molecule has 0 aromatic heterocycles. The van der Waals surface area contributed by atoms with Crippen LogP contribution in [0.3, 0.4) is 0 Å². The van der Waals surface area contributed by atoms with E-state index in [4.69, 9.17) is 4.74 Å². The van der Waals surface area contributed by atoms with Gasteiger partial charge >= 0.3 is 0 Å². The van der Waals surface area contributed by atoms with Crippen molar-refractivity contribution >= 4 is 15.7 Å². The predicted molar refractivity (Wildman–Crippen MR) is 72.1 cm³/mol. The highest BCUT2D eigenvalue weighted by Gasteiger charge is 2.26. The van der Waals surface area contributed by atoms with Gasteiger partial charge in [0, 0.05) is 32.7 Å². The van der Waals surface area contributed by atoms with Crippen molar-refractivity contribution in [1.82, 2.24) is 9.62 Å². The molecule has 6 nitrogen and oxygen atoms in total. The minimum Gasteiger partial charge on any atom is -0.490 e. The molecule has 7 heteroatoms. The summed E-state index contributed by atoms with van der Waals surface area (Å²) in [6, 6.07) is 4.99. The lowest BCUT2D eigenvalue weighted by atomic mass is 10.2. The van der Waals surface area contributed by atoms with Crippen molar-refractivity contribution in [2.45, 2.75) is 4.90 Å². The third kappa shape index (κ3) is 2.41. The van der Waals surface area contributed by atoms with Crippen molar-refractivity contribution in [2.24, 2.45) is 0 Å². The van der Waals surface area contributed by atoms with Gasteiger partial charge in [-0.15, -0.1) is 0 Å². The first kappa shape index (κ1) is 12.7. The van der Waals surface area contributed by atoms with Crippen LogP contribution in [0.1, 0.15) is 0 Å². The number of hydrogen-bond acceptors (Lipinski definition) is 5. The number of nitrogens with zero attached hydrogens (tertiary/aromatic N) is 1. The summed E-state index contributed by atoms with van der Waals surface area (Å²) in [5, 5.41) is 6.31. The average Bonchev–Trinajstić information content (AvgIpc) is 2.47. The number of sulfonamides is 1. The molecule has 2 N–H and O–H groups in total. The van der Waals surface area contributed by atoms with Crippen molar-refractivity contribution in [1.29, 1.82) is 0 Å². The van der Waals surface area contributed by atoms with E-state index in [0.717, 1.165) is 5.69 Å². The van der Waals surface area contributed by atoms with E-state index in [1.165, 1.54) is 4.31 Å². The van der Waals surface area contributed by atoms with Crippen LogP contribution in [-0.2, 0) is 10.0 Å². The number of piperazine rings is 1. The molecule has 0 bridgehead atoms.